The Labute approximate surface area is 135 Å². The molecule has 0 aliphatic carbocycles. The van der Waals surface area contributed by atoms with Crippen LogP contribution in [0.25, 0.3) is 11.4 Å². The zero-order valence-corrected chi connectivity index (χ0v) is 13.6. The number of nitrogens with zero attached hydrogens (tertiary/aromatic N) is 3. The number of ether oxygens (including phenoxy) is 1. The maximum absolute atomic E-state index is 5.27. The number of anilines is 1. The van der Waals surface area contributed by atoms with Crippen molar-refractivity contribution in [2.45, 2.75) is 13.5 Å². The van der Waals surface area contributed by atoms with E-state index in [1.807, 2.05) is 60.1 Å². The number of hydrogen-bond acceptors (Lipinski definition) is 4. The van der Waals surface area contributed by atoms with Crippen molar-refractivity contribution in [1.82, 2.24) is 14.8 Å². The van der Waals surface area contributed by atoms with Crippen molar-refractivity contribution < 1.29 is 4.74 Å². The van der Waals surface area contributed by atoms with Gasteiger partial charge in [-0.1, -0.05) is 36.4 Å². The van der Waals surface area contributed by atoms with Crippen molar-refractivity contribution in [2.24, 2.45) is 7.05 Å². The minimum absolute atomic E-state index is 0.602. The normalized spacial score (nSPS) is 10.6. The zero-order chi connectivity index (χ0) is 16.2. The molecule has 0 saturated heterocycles. The molecule has 118 valence electrons. The fourth-order valence-corrected chi connectivity index (χ4v) is 2.45. The molecule has 2 aromatic carbocycles. The molecule has 3 rings (SSSR count). The number of methoxy groups -OCH3 is 1. The molecular weight excluding hydrogens is 288 g/mol. The average Bonchev–Trinajstić information content (AvgIpc) is 2.96. The van der Waals surface area contributed by atoms with Crippen LogP contribution >= 0.6 is 0 Å². The summed E-state index contributed by atoms with van der Waals surface area (Å²) in [6.45, 7) is 2.66. The molecule has 0 aliphatic rings. The van der Waals surface area contributed by atoms with Gasteiger partial charge < -0.3 is 14.6 Å². The summed E-state index contributed by atoms with van der Waals surface area (Å²) in [7, 11) is 3.65. The first kappa shape index (κ1) is 15.1. The third-order valence-electron chi connectivity index (χ3n) is 3.88. The lowest BCUT2D eigenvalue weighted by Gasteiger charge is -2.11. The van der Waals surface area contributed by atoms with Crippen LogP contribution in [0.15, 0.2) is 48.5 Å². The van der Waals surface area contributed by atoms with E-state index in [1.165, 1.54) is 0 Å². The average molecular weight is 308 g/mol. The van der Waals surface area contributed by atoms with Gasteiger partial charge in [0.05, 0.1) is 13.7 Å². The molecule has 1 aromatic heterocycles. The van der Waals surface area contributed by atoms with E-state index in [4.69, 9.17) is 4.74 Å². The Bertz CT molecular complexity index is 796. The van der Waals surface area contributed by atoms with E-state index in [0.717, 1.165) is 34.2 Å². The Morgan fingerprint density at radius 1 is 1.09 bits per heavy atom. The van der Waals surface area contributed by atoms with E-state index in [-0.39, 0.29) is 0 Å². The van der Waals surface area contributed by atoms with Gasteiger partial charge in [-0.15, -0.1) is 10.2 Å². The third-order valence-corrected chi connectivity index (χ3v) is 3.88. The molecule has 0 unspecified atom stereocenters. The maximum Gasteiger partial charge on any atom is 0.163 e. The lowest BCUT2D eigenvalue weighted by atomic mass is 10.2. The number of hydrogen-bond donors (Lipinski definition) is 1. The summed E-state index contributed by atoms with van der Waals surface area (Å²) in [5.41, 5.74) is 3.26. The predicted molar refractivity (Wildman–Crippen MR) is 91.5 cm³/mol. The molecule has 1 heterocycles. The molecule has 1 N–H and O–H groups in total. The van der Waals surface area contributed by atoms with Gasteiger partial charge in [0.25, 0.3) is 0 Å². The van der Waals surface area contributed by atoms with Crippen LogP contribution in [0.2, 0.25) is 0 Å². The summed E-state index contributed by atoms with van der Waals surface area (Å²) < 4.78 is 7.29. The fraction of sp³-hybridized carbons (Fsp3) is 0.222. The molecule has 0 bridgehead atoms. The largest absolute Gasteiger partial charge is 0.497 e. The molecule has 23 heavy (non-hydrogen) atoms. The second-order valence-electron chi connectivity index (χ2n) is 5.40. The van der Waals surface area contributed by atoms with Crippen molar-refractivity contribution >= 4 is 5.69 Å². The highest BCUT2D eigenvalue weighted by Crippen LogP contribution is 2.23. The monoisotopic (exact) mass is 308 g/mol. The SMILES string of the molecule is COc1ccc(C)c(NCc2nnc(-c3ccccc3)n2C)c1. The Kier molecular flexibility index (Phi) is 4.28. The van der Waals surface area contributed by atoms with Crippen molar-refractivity contribution in [2.75, 3.05) is 12.4 Å². The number of aryl methyl sites for hydroxylation is 1. The Hall–Kier alpha value is -2.82. The third kappa shape index (κ3) is 3.18. The molecule has 0 spiro atoms. The van der Waals surface area contributed by atoms with Gasteiger partial charge in [0.2, 0.25) is 0 Å². The zero-order valence-electron chi connectivity index (χ0n) is 13.6. The van der Waals surface area contributed by atoms with Gasteiger partial charge in [-0.25, -0.2) is 0 Å². The molecule has 5 heteroatoms. The molecule has 0 amide bonds. The lowest BCUT2D eigenvalue weighted by molar-refractivity contribution is 0.415. The molecule has 0 saturated carbocycles. The maximum atomic E-state index is 5.27. The van der Waals surface area contributed by atoms with Crippen LogP contribution in [0, 0.1) is 6.92 Å². The minimum atomic E-state index is 0.602. The van der Waals surface area contributed by atoms with E-state index >= 15 is 0 Å². The number of nitrogens with one attached hydrogen (secondary N) is 1. The molecule has 0 atom stereocenters. The Morgan fingerprint density at radius 2 is 1.87 bits per heavy atom. The number of rotatable bonds is 5. The lowest BCUT2D eigenvalue weighted by Crippen LogP contribution is -2.07. The highest BCUT2D eigenvalue weighted by molar-refractivity contribution is 5.56. The van der Waals surface area contributed by atoms with Crippen molar-refractivity contribution in [1.29, 1.82) is 0 Å². The van der Waals surface area contributed by atoms with Gasteiger partial charge in [0.1, 0.15) is 5.75 Å². The van der Waals surface area contributed by atoms with Crippen molar-refractivity contribution in [3.05, 3.63) is 59.9 Å². The first-order valence-electron chi connectivity index (χ1n) is 7.51. The predicted octanol–water partition coefficient (Wildman–Crippen LogP) is 3.41. The van der Waals surface area contributed by atoms with Crippen LogP contribution < -0.4 is 10.1 Å². The van der Waals surface area contributed by atoms with Gasteiger partial charge in [0, 0.05) is 24.4 Å². The highest BCUT2D eigenvalue weighted by Gasteiger charge is 2.10. The van der Waals surface area contributed by atoms with E-state index in [1.54, 1.807) is 7.11 Å². The van der Waals surface area contributed by atoms with Gasteiger partial charge in [-0.05, 0) is 18.6 Å². The molecule has 0 aliphatic heterocycles. The van der Waals surface area contributed by atoms with Crippen molar-refractivity contribution in [3.8, 4) is 17.1 Å². The van der Waals surface area contributed by atoms with Crippen molar-refractivity contribution in [3.63, 3.8) is 0 Å². The summed E-state index contributed by atoms with van der Waals surface area (Å²) in [5, 5.41) is 12.0. The molecule has 3 aromatic rings. The van der Waals surface area contributed by atoms with Gasteiger partial charge in [-0.3, -0.25) is 0 Å². The van der Waals surface area contributed by atoms with E-state index in [9.17, 15) is 0 Å². The summed E-state index contributed by atoms with van der Waals surface area (Å²) in [6, 6.07) is 16.0. The standard InChI is InChI=1S/C18H20N4O/c1-13-9-10-15(23-3)11-16(13)19-12-17-20-21-18(22(17)2)14-7-5-4-6-8-14/h4-11,19H,12H2,1-3H3. The van der Waals surface area contributed by atoms with Crippen LogP contribution in [-0.2, 0) is 13.6 Å². The Balaban J connectivity index is 1.78. The van der Waals surface area contributed by atoms with Crippen LogP contribution in [0.4, 0.5) is 5.69 Å². The van der Waals surface area contributed by atoms with Gasteiger partial charge in [0.15, 0.2) is 11.6 Å². The van der Waals surface area contributed by atoms with Crippen LogP contribution in [0.3, 0.4) is 0 Å². The first-order chi connectivity index (χ1) is 11.2. The number of benzene rings is 2. The molecule has 0 radical (unpaired) electrons. The van der Waals surface area contributed by atoms with Gasteiger partial charge >= 0.3 is 0 Å². The minimum Gasteiger partial charge on any atom is -0.497 e. The smallest absolute Gasteiger partial charge is 0.163 e. The number of aromatic nitrogens is 3. The van der Waals surface area contributed by atoms with E-state index < -0.39 is 0 Å². The van der Waals surface area contributed by atoms with Crippen LogP contribution in [0.1, 0.15) is 11.4 Å². The molecular formula is C18H20N4O. The molecule has 5 nitrogen and oxygen atoms in total. The van der Waals surface area contributed by atoms with Crippen LogP contribution in [-0.4, -0.2) is 21.9 Å². The van der Waals surface area contributed by atoms with E-state index in [0.29, 0.717) is 6.54 Å². The second kappa shape index (κ2) is 6.52. The van der Waals surface area contributed by atoms with Gasteiger partial charge in [-0.2, -0.15) is 0 Å². The first-order valence-corrected chi connectivity index (χ1v) is 7.51. The Morgan fingerprint density at radius 3 is 2.61 bits per heavy atom. The fourth-order valence-electron chi connectivity index (χ4n) is 2.45. The summed E-state index contributed by atoms with van der Waals surface area (Å²) in [5.74, 6) is 2.58. The second-order valence-corrected chi connectivity index (χ2v) is 5.40. The summed E-state index contributed by atoms with van der Waals surface area (Å²) >= 11 is 0. The quantitative estimate of drug-likeness (QED) is 0.785. The summed E-state index contributed by atoms with van der Waals surface area (Å²) in [6.07, 6.45) is 0. The highest BCUT2D eigenvalue weighted by atomic mass is 16.5. The topological polar surface area (TPSA) is 52.0 Å². The summed E-state index contributed by atoms with van der Waals surface area (Å²) in [4.78, 5) is 0. The molecule has 0 fully saturated rings. The van der Waals surface area contributed by atoms with Crippen LogP contribution in [0.5, 0.6) is 5.75 Å². The van der Waals surface area contributed by atoms with E-state index in [2.05, 4.69) is 22.4 Å².